The molecule has 0 aliphatic rings. The van der Waals surface area contributed by atoms with E-state index in [2.05, 4.69) is 23.5 Å². The van der Waals surface area contributed by atoms with Gasteiger partial charge in [0.2, 0.25) is 0 Å². The Morgan fingerprint density at radius 2 is 1.61 bits per heavy atom. The molecule has 0 fully saturated rings. The normalized spacial score (nSPS) is 10.8. The number of rotatable bonds is 6. The molecule has 0 aliphatic heterocycles. The molecule has 1 N–H and O–H groups in total. The van der Waals surface area contributed by atoms with Gasteiger partial charge >= 0.3 is 0 Å². The molecule has 0 aliphatic carbocycles. The van der Waals surface area contributed by atoms with Crippen molar-refractivity contribution < 1.29 is 9.13 Å². The molecule has 0 saturated carbocycles. The lowest BCUT2D eigenvalue weighted by molar-refractivity contribution is 0.297. The minimum Gasteiger partial charge on any atom is -0.488 e. The van der Waals surface area contributed by atoms with Gasteiger partial charge in [-0.3, -0.25) is 0 Å². The van der Waals surface area contributed by atoms with E-state index in [0.717, 1.165) is 16.6 Å². The van der Waals surface area contributed by atoms with Crippen molar-refractivity contribution in [2.75, 3.05) is 5.32 Å². The second-order valence-corrected chi connectivity index (χ2v) is 6.95. The van der Waals surface area contributed by atoms with Crippen LogP contribution in [0.25, 0.3) is 10.8 Å². The molecular formula is C24H19ClFNO. The summed E-state index contributed by atoms with van der Waals surface area (Å²) < 4.78 is 19.8. The number of ether oxygens (including phenoxy) is 1. The highest BCUT2D eigenvalue weighted by atomic mass is 35.5. The first-order chi connectivity index (χ1) is 13.7. The summed E-state index contributed by atoms with van der Waals surface area (Å²) in [6.07, 6.45) is 0. The molecule has 4 aromatic carbocycles. The summed E-state index contributed by atoms with van der Waals surface area (Å²) in [5.74, 6) is 0.410. The Labute approximate surface area is 168 Å². The predicted molar refractivity (Wildman–Crippen MR) is 113 cm³/mol. The molecule has 140 valence electrons. The highest BCUT2D eigenvalue weighted by Gasteiger charge is 2.08. The van der Waals surface area contributed by atoms with Crippen LogP contribution in [-0.4, -0.2) is 0 Å². The SMILES string of the molecule is Fc1ccccc1COc1ccc(Cl)cc1CNc1cccc2ccccc12. The van der Waals surface area contributed by atoms with Crippen molar-refractivity contribution in [3.05, 3.63) is 107 Å². The highest BCUT2D eigenvalue weighted by Crippen LogP contribution is 2.27. The standard InChI is InChI=1S/C24H19ClFNO/c25-20-12-13-24(28-16-18-7-2-4-10-22(18)26)19(14-20)15-27-23-11-5-8-17-6-1-3-9-21(17)23/h1-14,27H,15-16H2. The molecule has 0 spiro atoms. The van der Waals surface area contributed by atoms with E-state index in [1.807, 2.05) is 36.4 Å². The van der Waals surface area contributed by atoms with Crippen LogP contribution in [0.4, 0.5) is 10.1 Å². The molecule has 4 heteroatoms. The number of halogens is 2. The van der Waals surface area contributed by atoms with E-state index in [1.54, 1.807) is 24.3 Å². The highest BCUT2D eigenvalue weighted by molar-refractivity contribution is 6.30. The Balaban J connectivity index is 1.54. The maximum absolute atomic E-state index is 13.9. The van der Waals surface area contributed by atoms with Gasteiger partial charge in [0.1, 0.15) is 18.2 Å². The Morgan fingerprint density at radius 1 is 0.821 bits per heavy atom. The molecule has 0 aromatic heterocycles. The van der Waals surface area contributed by atoms with Gasteiger partial charge in [0, 0.05) is 33.8 Å². The second kappa shape index (κ2) is 8.32. The number of fused-ring (bicyclic) bond motifs is 1. The second-order valence-electron chi connectivity index (χ2n) is 6.51. The number of benzene rings is 4. The van der Waals surface area contributed by atoms with Crippen molar-refractivity contribution in [2.24, 2.45) is 0 Å². The zero-order valence-electron chi connectivity index (χ0n) is 15.2. The summed E-state index contributed by atoms with van der Waals surface area (Å²) in [6.45, 7) is 0.705. The van der Waals surface area contributed by atoms with Crippen LogP contribution in [0.1, 0.15) is 11.1 Å². The first kappa shape index (κ1) is 18.3. The number of anilines is 1. The van der Waals surface area contributed by atoms with Gasteiger partial charge in [-0.1, -0.05) is 66.2 Å². The molecule has 0 bridgehead atoms. The molecule has 0 amide bonds. The quantitative estimate of drug-likeness (QED) is 0.389. The van der Waals surface area contributed by atoms with Gasteiger partial charge in [-0.15, -0.1) is 0 Å². The molecule has 0 heterocycles. The third-order valence-corrected chi connectivity index (χ3v) is 4.86. The first-order valence-corrected chi connectivity index (χ1v) is 9.45. The van der Waals surface area contributed by atoms with E-state index in [-0.39, 0.29) is 12.4 Å². The number of hydrogen-bond acceptors (Lipinski definition) is 2. The lowest BCUT2D eigenvalue weighted by atomic mass is 10.1. The van der Waals surface area contributed by atoms with Crippen LogP contribution in [0, 0.1) is 5.82 Å². The maximum Gasteiger partial charge on any atom is 0.129 e. The molecule has 2 nitrogen and oxygen atoms in total. The number of nitrogens with one attached hydrogen (secondary N) is 1. The lowest BCUT2D eigenvalue weighted by Crippen LogP contribution is -2.05. The van der Waals surface area contributed by atoms with Gasteiger partial charge in [-0.05, 0) is 35.7 Å². The zero-order valence-corrected chi connectivity index (χ0v) is 15.9. The Hall–Kier alpha value is -3.04. The molecular weight excluding hydrogens is 373 g/mol. The minimum absolute atomic E-state index is 0.162. The Kier molecular flexibility index (Phi) is 5.45. The van der Waals surface area contributed by atoms with Crippen molar-refractivity contribution in [2.45, 2.75) is 13.2 Å². The topological polar surface area (TPSA) is 21.3 Å². The van der Waals surface area contributed by atoms with Gasteiger partial charge in [0.25, 0.3) is 0 Å². The third-order valence-electron chi connectivity index (χ3n) is 4.62. The van der Waals surface area contributed by atoms with Gasteiger partial charge in [-0.2, -0.15) is 0 Å². The Bertz CT molecular complexity index is 1110. The monoisotopic (exact) mass is 391 g/mol. The van der Waals surface area contributed by atoms with Crippen LogP contribution >= 0.6 is 11.6 Å². The molecule has 4 aromatic rings. The minimum atomic E-state index is -0.271. The van der Waals surface area contributed by atoms with Gasteiger partial charge in [-0.25, -0.2) is 4.39 Å². The maximum atomic E-state index is 13.9. The van der Waals surface area contributed by atoms with Crippen molar-refractivity contribution >= 4 is 28.1 Å². The summed E-state index contributed by atoms with van der Waals surface area (Å²) >= 11 is 6.19. The molecule has 0 saturated heterocycles. The van der Waals surface area contributed by atoms with Gasteiger partial charge in [0.05, 0.1) is 0 Å². The number of hydrogen-bond donors (Lipinski definition) is 1. The van der Waals surface area contributed by atoms with E-state index >= 15 is 0 Å². The van der Waals surface area contributed by atoms with Crippen LogP contribution in [0.3, 0.4) is 0 Å². The smallest absolute Gasteiger partial charge is 0.129 e. The van der Waals surface area contributed by atoms with Crippen molar-refractivity contribution in [3.63, 3.8) is 0 Å². The van der Waals surface area contributed by atoms with Crippen LogP contribution in [-0.2, 0) is 13.2 Å². The van der Waals surface area contributed by atoms with Crippen LogP contribution in [0.15, 0.2) is 84.9 Å². The summed E-state index contributed by atoms with van der Waals surface area (Å²) in [7, 11) is 0. The molecule has 4 rings (SSSR count). The van der Waals surface area contributed by atoms with E-state index in [0.29, 0.717) is 22.9 Å². The Morgan fingerprint density at radius 3 is 2.50 bits per heavy atom. The van der Waals surface area contributed by atoms with Crippen molar-refractivity contribution in [1.29, 1.82) is 0 Å². The fourth-order valence-electron chi connectivity index (χ4n) is 3.17. The summed E-state index contributed by atoms with van der Waals surface area (Å²) in [6, 6.07) is 26.5. The molecule has 0 atom stereocenters. The van der Waals surface area contributed by atoms with Crippen molar-refractivity contribution in [3.8, 4) is 5.75 Å². The van der Waals surface area contributed by atoms with Crippen LogP contribution in [0.2, 0.25) is 5.02 Å². The predicted octanol–water partition coefficient (Wildman–Crippen LogP) is 6.82. The summed E-state index contributed by atoms with van der Waals surface area (Å²) in [4.78, 5) is 0. The largest absolute Gasteiger partial charge is 0.488 e. The van der Waals surface area contributed by atoms with Gasteiger partial charge < -0.3 is 10.1 Å². The van der Waals surface area contributed by atoms with E-state index in [1.165, 1.54) is 11.5 Å². The molecule has 0 radical (unpaired) electrons. The summed E-state index contributed by atoms with van der Waals surface area (Å²) in [5, 5.41) is 6.43. The third kappa shape index (κ3) is 4.10. The lowest BCUT2D eigenvalue weighted by Gasteiger charge is -2.15. The average molecular weight is 392 g/mol. The molecule has 0 unspecified atom stereocenters. The summed E-state index contributed by atoms with van der Waals surface area (Å²) in [5.41, 5.74) is 2.47. The van der Waals surface area contributed by atoms with Crippen LogP contribution < -0.4 is 10.1 Å². The van der Waals surface area contributed by atoms with E-state index in [9.17, 15) is 4.39 Å². The first-order valence-electron chi connectivity index (χ1n) is 9.07. The molecule has 28 heavy (non-hydrogen) atoms. The van der Waals surface area contributed by atoms with Crippen molar-refractivity contribution in [1.82, 2.24) is 0 Å². The zero-order chi connectivity index (χ0) is 19.3. The average Bonchev–Trinajstić information content (AvgIpc) is 2.72. The van der Waals surface area contributed by atoms with Crippen LogP contribution in [0.5, 0.6) is 5.75 Å². The van der Waals surface area contributed by atoms with E-state index < -0.39 is 0 Å². The van der Waals surface area contributed by atoms with Gasteiger partial charge in [0.15, 0.2) is 0 Å². The fourth-order valence-corrected chi connectivity index (χ4v) is 3.36. The fraction of sp³-hybridized carbons (Fsp3) is 0.0833. The van der Waals surface area contributed by atoms with E-state index in [4.69, 9.17) is 16.3 Å².